The maximum absolute atomic E-state index is 10.9. The lowest BCUT2D eigenvalue weighted by Crippen LogP contribution is -2.49. The number of hydrogen-bond acceptors (Lipinski definition) is 7. The van der Waals surface area contributed by atoms with Gasteiger partial charge in [-0.25, -0.2) is 4.98 Å². The number of carboxylic acid groups (broad SMARTS) is 1. The van der Waals surface area contributed by atoms with E-state index in [-0.39, 0.29) is 5.92 Å². The smallest absolute Gasteiger partial charge is 0.309 e. The Kier molecular flexibility index (Phi) is 6.62. The van der Waals surface area contributed by atoms with Crippen molar-refractivity contribution in [3.8, 4) is 23.2 Å². The first kappa shape index (κ1) is 23.5. The predicted octanol–water partition coefficient (Wildman–Crippen LogP) is 2.95. The molecule has 0 aliphatic carbocycles. The van der Waals surface area contributed by atoms with E-state index in [0.717, 1.165) is 28.1 Å². The molecule has 36 heavy (non-hydrogen) atoms. The summed E-state index contributed by atoms with van der Waals surface area (Å²) >= 11 is 0. The largest absolute Gasteiger partial charge is 0.481 e. The highest BCUT2D eigenvalue weighted by Crippen LogP contribution is 2.22. The Morgan fingerprint density at radius 1 is 1.08 bits per heavy atom. The number of aliphatic hydroxyl groups is 1. The summed E-state index contributed by atoms with van der Waals surface area (Å²) in [5.74, 6) is 6.51. The van der Waals surface area contributed by atoms with Crippen molar-refractivity contribution in [1.29, 1.82) is 0 Å². The first-order chi connectivity index (χ1) is 17.4. The Balaban J connectivity index is 1.18. The van der Waals surface area contributed by atoms with Gasteiger partial charge in [-0.15, -0.1) is 0 Å². The van der Waals surface area contributed by atoms with Gasteiger partial charge in [0, 0.05) is 61.0 Å². The van der Waals surface area contributed by atoms with Gasteiger partial charge in [0.2, 0.25) is 0 Å². The molecule has 4 aromatic rings. The molecule has 9 nitrogen and oxygen atoms in total. The number of nitrogens with zero attached hydrogens (tertiary/aromatic N) is 5. The van der Waals surface area contributed by atoms with Crippen molar-refractivity contribution in [3.63, 3.8) is 0 Å². The molecule has 3 aromatic heterocycles. The van der Waals surface area contributed by atoms with E-state index in [4.69, 9.17) is 9.63 Å². The van der Waals surface area contributed by atoms with Crippen molar-refractivity contribution in [2.75, 3.05) is 13.1 Å². The average molecular weight is 484 g/mol. The van der Waals surface area contributed by atoms with Crippen molar-refractivity contribution in [3.05, 3.63) is 89.4 Å². The van der Waals surface area contributed by atoms with Crippen LogP contribution < -0.4 is 0 Å². The summed E-state index contributed by atoms with van der Waals surface area (Å²) in [6, 6.07) is 13.5. The number of pyridine rings is 1. The molecule has 1 aliphatic rings. The molecule has 1 aromatic carbocycles. The van der Waals surface area contributed by atoms with Crippen molar-refractivity contribution < 1.29 is 19.5 Å². The van der Waals surface area contributed by atoms with Crippen molar-refractivity contribution in [2.24, 2.45) is 5.92 Å². The van der Waals surface area contributed by atoms with E-state index in [9.17, 15) is 9.90 Å². The molecule has 1 saturated heterocycles. The van der Waals surface area contributed by atoms with E-state index in [1.165, 1.54) is 0 Å². The van der Waals surface area contributed by atoms with E-state index in [0.29, 0.717) is 37.8 Å². The summed E-state index contributed by atoms with van der Waals surface area (Å²) in [6.45, 7) is 3.92. The van der Waals surface area contributed by atoms with Gasteiger partial charge in [0.1, 0.15) is 17.6 Å². The van der Waals surface area contributed by atoms with Gasteiger partial charge < -0.3 is 19.3 Å². The number of rotatable bonds is 7. The molecule has 1 aliphatic heterocycles. The Hall–Kier alpha value is -4.26. The van der Waals surface area contributed by atoms with E-state index < -0.39 is 12.1 Å². The van der Waals surface area contributed by atoms with Crippen molar-refractivity contribution >= 4 is 5.97 Å². The van der Waals surface area contributed by atoms with Gasteiger partial charge in [0.05, 0.1) is 18.2 Å². The van der Waals surface area contributed by atoms with Crippen LogP contribution in [0.3, 0.4) is 0 Å². The Morgan fingerprint density at radius 3 is 2.53 bits per heavy atom. The summed E-state index contributed by atoms with van der Waals surface area (Å²) in [5, 5.41) is 22.9. The maximum Gasteiger partial charge on any atom is 0.309 e. The summed E-state index contributed by atoms with van der Waals surface area (Å²) in [4.78, 5) is 21.6. The van der Waals surface area contributed by atoms with Crippen LogP contribution in [0.15, 0.2) is 65.6 Å². The highest BCUT2D eigenvalue weighted by molar-refractivity contribution is 5.71. The van der Waals surface area contributed by atoms with Gasteiger partial charge in [-0.05, 0) is 43.3 Å². The van der Waals surface area contributed by atoms with Gasteiger partial charge in [-0.3, -0.25) is 14.7 Å². The maximum atomic E-state index is 10.9. The van der Waals surface area contributed by atoms with Gasteiger partial charge in [-0.2, -0.15) is 0 Å². The minimum Gasteiger partial charge on any atom is -0.481 e. The van der Waals surface area contributed by atoms with Crippen molar-refractivity contribution in [1.82, 2.24) is 24.6 Å². The van der Waals surface area contributed by atoms with Crippen LogP contribution in [0.4, 0.5) is 0 Å². The van der Waals surface area contributed by atoms with Crippen molar-refractivity contribution in [2.45, 2.75) is 26.1 Å². The van der Waals surface area contributed by atoms with Crippen LogP contribution >= 0.6 is 0 Å². The molecular formula is C27H25N5O4. The molecule has 0 unspecified atom stereocenters. The summed E-state index contributed by atoms with van der Waals surface area (Å²) in [5.41, 5.74) is 4.20. The van der Waals surface area contributed by atoms with E-state index in [1.807, 2.05) is 47.0 Å². The molecule has 9 heteroatoms. The second-order valence-electron chi connectivity index (χ2n) is 8.87. The third-order valence-corrected chi connectivity index (χ3v) is 6.05. The third-order valence-electron chi connectivity index (χ3n) is 6.05. The molecule has 1 atom stereocenters. The summed E-state index contributed by atoms with van der Waals surface area (Å²) in [7, 11) is 0. The standard InChI is InChI=1S/C27H25N5O4/c1-18(33)26-28-10-11-32(26)17-24-12-25(36-30-24)21-7-4-19(5-8-21)2-3-20-6-9-23(29-13-20)16-31-14-22(15-31)27(34)35/h4-13,18,22,33H,14-17H2,1H3,(H,34,35)/t18-/m0/s1. The first-order valence-corrected chi connectivity index (χ1v) is 11.6. The van der Waals surface area contributed by atoms with Crippen LogP contribution in [0.25, 0.3) is 11.3 Å². The lowest BCUT2D eigenvalue weighted by Gasteiger charge is -2.36. The number of carbonyl (C=O) groups is 1. The number of aromatic nitrogens is 4. The number of aliphatic carboxylic acids is 1. The minimum atomic E-state index is -0.735. The van der Waals surface area contributed by atoms with Crippen LogP contribution in [-0.4, -0.2) is 53.9 Å². The fourth-order valence-electron chi connectivity index (χ4n) is 4.06. The molecule has 0 spiro atoms. The number of benzene rings is 1. The zero-order valence-electron chi connectivity index (χ0n) is 19.7. The first-order valence-electron chi connectivity index (χ1n) is 11.6. The zero-order valence-corrected chi connectivity index (χ0v) is 19.7. The molecule has 182 valence electrons. The lowest BCUT2D eigenvalue weighted by atomic mass is 10.0. The normalized spacial score (nSPS) is 14.6. The Morgan fingerprint density at radius 2 is 1.83 bits per heavy atom. The van der Waals surface area contributed by atoms with Gasteiger partial charge in [-0.1, -0.05) is 17.0 Å². The van der Waals surface area contributed by atoms with Crippen LogP contribution in [0.5, 0.6) is 0 Å². The number of likely N-dealkylation sites (tertiary alicyclic amines) is 1. The Bertz CT molecular complexity index is 1400. The molecule has 2 N–H and O–H groups in total. The average Bonchev–Trinajstić information content (AvgIpc) is 3.51. The van der Waals surface area contributed by atoms with Crippen LogP contribution in [-0.2, 0) is 17.9 Å². The molecular weight excluding hydrogens is 458 g/mol. The van der Waals surface area contributed by atoms with Gasteiger partial charge in [0.15, 0.2) is 5.76 Å². The van der Waals surface area contributed by atoms with Gasteiger partial charge in [0.25, 0.3) is 0 Å². The summed E-state index contributed by atoms with van der Waals surface area (Å²) in [6.07, 6.45) is 4.53. The predicted molar refractivity (Wildman–Crippen MR) is 131 cm³/mol. The van der Waals surface area contributed by atoms with E-state index >= 15 is 0 Å². The Labute approximate surface area is 208 Å². The summed E-state index contributed by atoms with van der Waals surface area (Å²) < 4.78 is 7.35. The number of carboxylic acids is 1. The second-order valence-corrected chi connectivity index (χ2v) is 8.87. The zero-order chi connectivity index (χ0) is 25.1. The van der Waals surface area contributed by atoms with Gasteiger partial charge >= 0.3 is 5.97 Å². The fraction of sp³-hybridized carbons (Fsp3) is 0.259. The fourth-order valence-corrected chi connectivity index (χ4v) is 4.06. The number of aliphatic hydroxyl groups excluding tert-OH is 1. The topological polar surface area (TPSA) is 118 Å². The number of hydrogen-bond donors (Lipinski definition) is 2. The highest BCUT2D eigenvalue weighted by Gasteiger charge is 2.32. The molecule has 0 saturated carbocycles. The van der Waals surface area contributed by atoms with Crippen LogP contribution in [0.2, 0.25) is 0 Å². The molecule has 0 radical (unpaired) electrons. The van der Waals surface area contributed by atoms with E-state index in [2.05, 4.69) is 31.9 Å². The second kappa shape index (κ2) is 10.2. The van der Waals surface area contributed by atoms with Crippen LogP contribution in [0.1, 0.15) is 41.4 Å². The minimum absolute atomic E-state index is 0.265. The molecule has 1 fully saturated rings. The SMILES string of the molecule is C[C@H](O)c1nccn1Cc1cc(-c2ccc(C#Cc3ccc(CN4CC(C(=O)O)C4)nc3)cc2)on1. The van der Waals surface area contributed by atoms with E-state index in [1.54, 1.807) is 25.5 Å². The lowest BCUT2D eigenvalue weighted by molar-refractivity contribution is -0.147. The number of imidazole rings is 1. The third kappa shape index (κ3) is 5.35. The molecule has 0 amide bonds. The molecule has 5 rings (SSSR count). The quantitative estimate of drug-likeness (QED) is 0.385. The highest BCUT2D eigenvalue weighted by atomic mass is 16.5. The monoisotopic (exact) mass is 483 g/mol. The molecule has 4 heterocycles. The van der Waals surface area contributed by atoms with Crippen LogP contribution in [0, 0.1) is 17.8 Å². The molecule has 0 bridgehead atoms.